The van der Waals surface area contributed by atoms with Crippen molar-refractivity contribution >= 4 is 0 Å². The van der Waals surface area contributed by atoms with Gasteiger partial charge >= 0.3 is 0 Å². The quantitative estimate of drug-likeness (QED) is 0.676. The summed E-state index contributed by atoms with van der Waals surface area (Å²) in [7, 11) is 1.93. The molecule has 2 N–H and O–H groups in total. The fourth-order valence-corrected chi connectivity index (χ4v) is 1.63. The second-order valence-corrected chi connectivity index (χ2v) is 4.41. The van der Waals surface area contributed by atoms with E-state index in [1.807, 2.05) is 7.05 Å². The second kappa shape index (κ2) is 6.56. The Morgan fingerprint density at radius 1 is 1.33 bits per heavy atom. The standard InChI is InChI=1S/C11H22N4/c1-9(2)6-4-5-7-10-11(8-12-3)14-15-13-10/h9,12H,4-8H2,1-3H3,(H,13,14,15). The van der Waals surface area contributed by atoms with Crippen molar-refractivity contribution in [1.29, 1.82) is 0 Å². The SMILES string of the molecule is CNCc1nn[nH]c1CCCCC(C)C. The number of unbranched alkanes of at least 4 members (excludes halogenated alkanes) is 1. The van der Waals surface area contributed by atoms with Crippen molar-refractivity contribution in [3.05, 3.63) is 11.4 Å². The van der Waals surface area contributed by atoms with Crippen LogP contribution in [0.15, 0.2) is 0 Å². The van der Waals surface area contributed by atoms with Crippen LogP contribution in [0.3, 0.4) is 0 Å². The van der Waals surface area contributed by atoms with E-state index in [-0.39, 0.29) is 0 Å². The van der Waals surface area contributed by atoms with Crippen LogP contribution >= 0.6 is 0 Å². The normalized spacial score (nSPS) is 11.2. The summed E-state index contributed by atoms with van der Waals surface area (Å²) >= 11 is 0. The first kappa shape index (κ1) is 12.2. The van der Waals surface area contributed by atoms with Crippen molar-refractivity contribution in [3.8, 4) is 0 Å². The van der Waals surface area contributed by atoms with E-state index in [0.29, 0.717) is 0 Å². The Kier molecular flexibility index (Phi) is 5.32. The van der Waals surface area contributed by atoms with Gasteiger partial charge in [-0.3, -0.25) is 5.10 Å². The molecule has 0 aliphatic rings. The number of nitrogens with one attached hydrogen (secondary N) is 2. The minimum Gasteiger partial charge on any atom is -0.314 e. The minimum absolute atomic E-state index is 0.802. The number of hydrogen-bond donors (Lipinski definition) is 2. The molecule has 0 unspecified atom stereocenters. The summed E-state index contributed by atoms with van der Waals surface area (Å²) in [6.07, 6.45) is 4.88. The van der Waals surface area contributed by atoms with Crippen LogP contribution in [0.5, 0.6) is 0 Å². The molecule has 0 saturated carbocycles. The van der Waals surface area contributed by atoms with Crippen LogP contribution in [0.1, 0.15) is 44.5 Å². The Labute approximate surface area is 91.9 Å². The van der Waals surface area contributed by atoms with Crippen LogP contribution in [0.2, 0.25) is 0 Å². The third kappa shape index (κ3) is 4.42. The van der Waals surface area contributed by atoms with Gasteiger partial charge in [0.05, 0.1) is 11.4 Å². The monoisotopic (exact) mass is 210 g/mol. The summed E-state index contributed by atoms with van der Waals surface area (Å²) in [6.45, 7) is 5.34. The van der Waals surface area contributed by atoms with Gasteiger partial charge in [0.15, 0.2) is 0 Å². The maximum Gasteiger partial charge on any atom is 0.0994 e. The molecule has 0 radical (unpaired) electrons. The summed E-state index contributed by atoms with van der Waals surface area (Å²) < 4.78 is 0. The van der Waals surface area contributed by atoms with Crippen molar-refractivity contribution in [2.45, 2.75) is 46.1 Å². The van der Waals surface area contributed by atoms with Crippen LogP contribution in [0.25, 0.3) is 0 Å². The highest BCUT2D eigenvalue weighted by molar-refractivity contribution is 5.07. The Balaban J connectivity index is 2.27. The fraction of sp³-hybridized carbons (Fsp3) is 0.818. The fourth-order valence-electron chi connectivity index (χ4n) is 1.63. The predicted molar refractivity (Wildman–Crippen MR) is 61.5 cm³/mol. The Morgan fingerprint density at radius 3 is 2.80 bits per heavy atom. The molecule has 4 heteroatoms. The van der Waals surface area contributed by atoms with Crippen LogP contribution in [0, 0.1) is 5.92 Å². The number of H-pyrrole nitrogens is 1. The summed E-state index contributed by atoms with van der Waals surface area (Å²) in [5.74, 6) is 0.807. The van der Waals surface area contributed by atoms with Gasteiger partial charge < -0.3 is 5.32 Å². The highest BCUT2D eigenvalue weighted by atomic mass is 15.3. The molecule has 0 aliphatic heterocycles. The van der Waals surface area contributed by atoms with E-state index in [1.54, 1.807) is 0 Å². The van der Waals surface area contributed by atoms with Gasteiger partial charge in [-0.05, 0) is 25.8 Å². The zero-order chi connectivity index (χ0) is 11.1. The zero-order valence-electron chi connectivity index (χ0n) is 10.0. The van der Waals surface area contributed by atoms with E-state index >= 15 is 0 Å². The Morgan fingerprint density at radius 2 is 2.13 bits per heavy atom. The smallest absolute Gasteiger partial charge is 0.0994 e. The minimum atomic E-state index is 0.802. The topological polar surface area (TPSA) is 53.6 Å². The molecule has 0 atom stereocenters. The van der Waals surface area contributed by atoms with E-state index in [9.17, 15) is 0 Å². The lowest BCUT2D eigenvalue weighted by Gasteiger charge is -2.04. The zero-order valence-corrected chi connectivity index (χ0v) is 10.0. The van der Waals surface area contributed by atoms with E-state index in [4.69, 9.17) is 0 Å². The molecule has 0 fully saturated rings. The first-order valence-electron chi connectivity index (χ1n) is 5.77. The number of rotatable bonds is 7. The van der Waals surface area contributed by atoms with E-state index < -0.39 is 0 Å². The van der Waals surface area contributed by atoms with Gasteiger partial charge in [0.2, 0.25) is 0 Å². The highest BCUT2D eigenvalue weighted by Gasteiger charge is 2.05. The molecule has 0 amide bonds. The lowest BCUT2D eigenvalue weighted by atomic mass is 10.0. The van der Waals surface area contributed by atoms with Crippen molar-refractivity contribution in [1.82, 2.24) is 20.7 Å². The summed E-state index contributed by atoms with van der Waals surface area (Å²) in [6, 6.07) is 0. The molecule has 0 spiro atoms. The van der Waals surface area contributed by atoms with E-state index in [2.05, 4.69) is 34.6 Å². The summed E-state index contributed by atoms with van der Waals surface area (Å²) in [5, 5.41) is 14.0. The van der Waals surface area contributed by atoms with Gasteiger partial charge in [-0.1, -0.05) is 31.9 Å². The van der Waals surface area contributed by atoms with Gasteiger partial charge in [0.1, 0.15) is 0 Å². The molecule has 4 nitrogen and oxygen atoms in total. The number of hydrogen-bond acceptors (Lipinski definition) is 3. The lowest BCUT2D eigenvalue weighted by molar-refractivity contribution is 0.535. The molecule has 1 heterocycles. The molecule has 1 aromatic rings. The molecule has 0 aromatic carbocycles. The van der Waals surface area contributed by atoms with Gasteiger partial charge in [-0.2, -0.15) is 0 Å². The largest absolute Gasteiger partial charge is 0.314 e. The number of aromatic amines is 1. The summed E-state index contributed by atoms with van der Waals surface area (Å²) in [4.78, 5) is 0. The number of aryl methyl sites for hydroxylation is 1. The maximum absolute atomic E-state index is 4.05. The number of nitrogens with zero attached hydrogens (tertiary/aromatic N) is 2. The highest BCUT2D eigenvalue weighted by Crippen LogP contribution is 2.10. The predicted octanol–water partition coefficient (Wildman–Crippen LogP) is 1.89. The van der Waals surface area contributed by atoms with Gasteiger partial charge in [-0.25, -0.2) is 0 Å². The van der Waals surface area contributed by atoms with Crippen molar-refractivity contribution < 1.29 is 0 Å². The van der Waals surface area contributed by atoms with Crippen LogP contribution in [0.4, 0.5) is 0 Å². The average Bonchev–Trinajstić information content (AvgIpc) is 2.61. The van der Waals surface area contributed by atoms with Gasteiger partial charge in [0.25, 0.3) is 0 Å². The molecule has 0 bridgehead atoms. The van der Waals surface area contributed by atoms with Gasteiger partial charge in [0, 0.05) is 6.54 Å². The van der Waals surface area contributed by atoms with Crippen molar-refractivity contribution in [3.63, 3.8) is 0 Å². The van der Waals surface area contributed by atoms with Crippen molar-refractivity contribution in [2.24, 2.45) is 5.92 Å². The molecule has 86 valence electrons. The average molecular weight is 210 g/mol. The third-order valence-electron chi connectivity index (χ3n) is 2.51. The second-order valence-electron chi connectivity index (χ2n) is 4.41. The van der Waals surface area contributed by atoms with Crippen molar-refractivity contribution in [2.75, 3.05) is 7.05 Å². The number of aromatic nitrogens is 3. The molecular formula is C11H22N4. The Bertz CT molecular complexity index is 267. The first-order chi connectivity index (χ1) is 7.24. The lowest BCUT2D eigenvalue weighted by Crippen LogP contribution is -2.07. The summed E-state index contributed by atoms with van der Waals surface area (Å²) in [5.41, 5.74) is 2.25. The third-order valence-corrected chi connectivity index (χ3v) is 2.51. The molecule has 1 rings (SSSR count). The molecular weight excluding hydrogens is 188 g/mol. The van der Waals surface area contributed by atoms with E-state index in [0.717, 1.165) is 24.6 Å². The molecule has 1 aromatic heterocycles. The van der Waals surface area contributed by atoms with Crippen LogP contribution in [-0.4, -0.2) is 22.5 Å². The van der Waals surface area contributed by atoms with Crippen LogP contribution in [-0.2, 0) is 13.0 Å². The molecule has 0 saturated heterocycles. The maximum atomic E-state index is 4.05. The molecule has 0 aliphatic carbocycles. The molecule has 15 heavy (non-hydrogen) atoms. The Hall–Kier alpha value is -0.900. The van der Waals surface area contributed by atoms with Crippen LogP contribution < -0.4 is 5.32 Å². The first-order valence-corrected chi connectivity index (χ1v) is 5.77. The van der Waals surface area contributed by atoms with Gasteiger partial charge in [-0.15, -0.1) is 5.10 Å². The van der Waals surface area contributed by atoms with E-state index in [1.165, 1.54) is 25.0 Å².